The SMILES string of the molecule is Cc1cccc(OCCC(=O)NC2CC2N)c1. The van der Waals surface area contributed by atoms with E-state index in [-0.39, 0.29) is 18.0 Å². The van der Waals surface area contributed by atoms with Gasteiger partial charge in [-0.05, 0) is 31.0 Å². The van der Waals surface area contributed by atoms with Crippen LogP contribution in [0.5, 0.6) is 5.75 Å². The van der Waals surface area contributed by atoms with Crippen molar-refractivity contribution in [1.29, 1.82) is 0 Å². The quantitative estimate of drug-likeness (QED) is 0.798. The van der Waals surface area contributed by atoms with Gasteiger partial charge >= 0.3 is 0 Å². The van der Waals surface area contributed by atoms with Crippen molar-refractivity contribution in [2.45, 2.75) is 31.8 Å². The lowest BCUT2D eigenvalue weighted by Crippen LogP contribution is -2.30. The van der Waals surface area contributed by atoms with E-state index in [9.17, 15) is 4.79 Å². The molecule has 0 saturated heterocycles. The number of aryl methyl sites for hydroxylation is 1. The molecule has 1 saturated carbocycles. The molecular weight excluding hydrogens is 216 g/mol. The number of hydrogen-bond donors (Lipinski definition) is 2. The summed E-state index contributed by atoms with van der Waals surface area (Å²) in [5, 5.41) is 2.86. The molecule has 1 aromatic carbocycles. The molecule has 1 aliphatic rings. The summed E-state index contributed by atoms with van der Waals surface area (Å²) in [6.45, 7) is 2.41. The molecule has 0 aromatic heterocycles. The lowest BCUT2D eigenvalue weighted by molar-refractivity contribution is -0.121. The highest BCUT2D eigenvalue weighted by atomic mass is 16.5. The Bertz CT molecular complexity index is 406. The van der Waals surface area contributed by atoms with Crippen molar-refractivity contribution in [3.05, 3.63) is 29.8 Å². The first kappa shape index (κ1) is 11.9. The molecule has 1 fully saturated rings. The summed E-state index contributed by atoms with van der Waals surface area (Å²) in [6.07, 6.45) is 1.27. The zero-order valence-electron chi connectivity index (χ0n) is 9.98. The molecule has 2 atom stereocenters. The number of carbonyl (C=O) groups excluding carboxylic acids is 1. The van der Waals surface area contributed by atoms with E-state index in [1.54, 1.807) is 0 Å². The molecule has 1 amide bonds. The van der Waals surface area contributed by atoms with Gasteiger partial charge in [0, 0.05) is 12.1 Å². The molecule has 4 heteroatoms. The van der Waals surface area contributed by atoms with Crippen molar-refractivity contribution >= 4 is 5.91 Å². The summed E-state index contributed by atoms with van der Waals surface area (Å²) in [5.41, 5.74) is 6.75. The lowest BCUT2D eigenvalue weighted by Gasteiger charge is -2.07. The number of benzene rings is 1. The lowest BCUT2D eigenvalue weighted by atomic mass is 10.2. The molecule has 4 nitrogen and oxygen atoms in total. The van der Waals surface area contributed by atoms with Crippen LogP contribution < -0.4 is 15.8 Å². The van der Waals surface area contributed by atoms with E-state index in [0.717, 1.165) is 17.7 Å². The van der Waals surface area contributed by atoms with Gasteiger partial charge in [-0.25, -0.2) is 0 Å². The largest absolute Gasteiger partial charge is 0.493 e. The van der Waals surface area contributed by atoms with Crippen molar-refractivity contribution in [3.63, 3.8) is 0 Å². The summed E-state index contributed by atoms with van der Waals surface area (Å²) in [5.74, 6) is 0.816. The molecule has 0 radical (unpaired) electrons. The van der Waals surface area contributed by atoms with Crippen molar-refractivity contribution in [3.8, 4) is 5.75 Å². The molecule has 0 aliphatic heterocycles. The third-order valence-corrected chi connectivity index (χ3v) is 2.77. The molecule has 0 bridgehead atoms. The maximum atomic E-state index is 11.4. The fraction of sp³-hybridized carbons (Fsp3) is 0.462. The fourth-order valence-electron chi connectivity index (χ4n) is 1.63. The van der Waals surface area contributed by atoms with E-state index in [1.165, 1.54) is 0 Å². The third kappa shape index (κ3) is 3.75. The summed E-state index contributed by atoms with van der Waals surface area (Å²) in [4.78, 5) is 11.4. The maximum absolute atomic E-state index is 11.4. The first-order chi connectivity index (χ1) is 8.15. The van der Waals surface area contributed by atoms with E-state index >= 15 is 0 Å². The van der Waals surface area contributed by atoms with Crippen LogP contribution in [0.4, 0.5) is 0 Å². The van der Waals surface area contributed by atoms with Crippen molar-refractivity contribution in [2.75, 3.05) is 6.61 Å². The molecule has 1 aromatic rings. The van der Waals surface area contributed by atoms with Gasteiger partial charge in [0.1, 0.15) is 5.75 Å². The van der Waals surface area contributed by atoms with Crippen LogP contribution in [0, 0.1) is 6.92 Å². The van der Waals surface area contributed by atoms with Crippen LogP contribution in [0.3, 0.4) is 0 Å². The van der Waals surface area contributed by atoms with Crippen molar-refractivity contribution < 1.29 is 9.53 Å². The maximum Gasteiger partial charge on any atom is 0.223 e. The molecule has 92 valence electrons. The molecule has 0 heterocycles. The smallest absolute Gasteiger partial charge is 0.223 e. The number of nitrogens with one attached hydrogen (secondary N) is 1. The Morgan fingerprint density at radius 1 is 1.59 bits per heavy atom. The van der Waals surface area contributed by atoms with Gasteiger partial charge in [0.25, 0.3) is 0 Å². The number of nitrogens with two attached hydrogens (primary N) is 1. The minimum absolute atomic E-state index is 0.00982. The first-order valence-corrected chi connectivity index (χ1v) is 5.89. The number of rotatable bonds is 5. The van der Waals surface area contributed by atoms with Crippen LogP contribution >= 0.6 is 0 Å². The molecule has 2 rings (SSSR count). The highest BCUT2D eigenvalue weighted by molar-refractivity contribution is 5.76. The first-order valence-electron chi connectivity index (χ1n) is 5.89. The molecule has 2 unspecified atom stereocenters. The van der Waals surface area contributed by atoms with Gasteiger partial charge < -0.3 is 15.8 Å². The highest BCUT2D eigenvalue weighted by Gasteiger charge is 2.34. The van der Waals surface area contributed by atoms with Gasteiger partial charge in [-0.15, -0.1) is 0 Å². The van der Waals surface area contributed by atoms with Crippen LogP contribution in [-0.2, 0) is 4.79 Å². The zero-order chi connectivity index (χ0) is 12.3. The number of amides is 1. The average molecular weight is 234 g/mol. The van der Waals surface area contributed by atoms with Crippen LogP contribution in [0.15, 0.2) is 24.3 Å². The van der Waals surface area contributed by atoms with Gasteiger partial charge in [0.05, 0.1) is 13.0 Å². The fourth-order valence-corrected chi connectivity index (χ4v) is 1.63. The summed E-state index contributed by atoms with van der Waals surface area (Å²) >= 11 is 0. The Hall–Kier alpha value is -1.55. The second kappa shape index (κ2) is 5.19. The number of carbonyl (C=O) groups is 1. The Labute approximate surface area is 101 Å². The minimum atomic E-state index is 0.00982. The molecule has 0 spiro atoms. The van der Waals surface area contributed by atoms with Gasteiger partial charge in [-0.3, -0.25) is 4.79 Å². The van der Waals surface area contributed by atoms with Crippen molar-refractivity contribution in [2.24, 2.45) is 5.73 Å². The molecule has 3 N–H and O–H groups in total. The summed E-state index contributed by atoms with van der Waals surface area (Å²) in [7, 11) is 0. The highest BCUT2D eigenvalue weighted by Crippen LogP contribution is 2.17. The van der Waals surface area contributed by atoms with E-state index < -0.39 is 0 Å². The van der Waals surface area contributed by atoms with Gasteiger partial charge in [-0.1, -0.05) is 12.1 Å². The van der Waals surface area contributed by atoms with E-state index in [0.29, 0.717) is 13.0 Å². The Kier molecular flexibility index (Phi) is 3.64. The van der Waals surface area contributed by atoms with Gasteiger partial charge in [0.15, 0.2) is 0 Å². The number of ether oxygens (including phenoxy) is 1. The average Bonchev–Trinajstić information content (AvgIpc) is 2.94. The summed E-state index contributed by atoms with van der Waals surface area (Å²) in [6, 6.07) is 8.12. The molecular formula is C13H18N2O2. The Morgan fingerprint density at radius 3 is 3.00 bits per heavy atom. The predicted molar refractivity (Wildman–Crippen MR) is 65.8 cm³/mol. The molecule has 17 heavy (non-hydrogen) atoms. The van der Waals surface area contributed by atoms with Crippen LogP contribution in [0.2, 0.25) is 0 Å². The minimum Gasteiger partial charge on any atom is -0.493 e. The van der Waals surface area contributed by atoms with Crippen LogP contribution in [0.25, 0.3) is 0 Å². The Balaban J connectivity index is 1.67. The predicted octanol–water partition coefficient (Wildman–Crippen LogP) is 0.980. The topological polar surface area (TPSA) is 64.3 Å². The van der Waals surface area contributed by atoms with E-state index in [2.05, 4.69) is 5.32 Å². The zero-order valence-corrected chi connectivity index (χ0v) is 9.98. The second-order valence-corrected chi connectivity index (χ2v) is 4.49. The Morgan fingerprint density at radius 2 is 2.35 bits per heavy atom. The van der Waals surface area contributed by atoms with E-state index in [1.807, 2.05) is 31.2 Å². The van der Waals surface area contributed by atoms with Crippen LogP contribution in [-0.4, -0.2) is 24.6 Å². The van der Waals surface area contributed by atoms with Crippen molar-refractivity contribution in [1.82, 2.24) is 5.32 Å². The number of hydrogen-bond acceptors (Lipinski definition) is 3. The normalized spacial score (nSPS) is 22.0. The van der Waals surface area contributed by atoms with E-state index in [4.69, 9.17) is 10.5 Å². The van der Waals surface area contributed by atoms with Gasteiger partial charge in [-0.2, -0.15) is 0 Å². The van der Waals surface area contributed by atoms with Crippen LogP contribution in [0.1, 0.15) is 18.4 Å². The third-order valence-electron chi connectivity index (χ3n) is 2.77. The summed E-state index contributed by atoms with van der Waals surface area (Å²) < 4.78 is 5.49. The monoisotopic (exact) mass is 234 g/mol. The molecule has 1 aliphatic carbocycles. The standard InChI is InChI=1S/C13H18N2O2/c1-9-3-2-4-10(7-9)17-6-5-13(16)15-12-8-11(12)14/h2-4,7,11-12H,5-6,8,14H2,1H3,(H,15,16). The van der Waals surface area contributed by atoms with Gasteiger partial charge in [0.2, 0.25) is 5.91 Å². The second-order valence-electron chi connectivity index (χ2n) is 4.49.